The Morgan fingerprint density at radius 3 is 2.39 bits per heavy atom. The highest BCUT2D eigenvalue weighted by Crippen LogP contribution is 2.39. The van der Waals surface area contributed by atoms with Gasteiger partial charge in [0.2, 0.25) is 0 Å². The molecular formula is C14H21BrN2O. The number of ether oxygens (including phenoxy) is 1. The molecule has 1 aromatic rings. The van der Waals surface area contributed by atoms with Crippen LogP contribution in [0.25, 0.3) is 0 Å². The molecule has 0 radical (unpaired) electrons. The molecule has 1 aliphatic rings. The normalized spacial score (nSPS) is 15.4. The summed E-state index contributed by atoms with van der Waals surface area (Å²) in [5.74, 6) is 1.70. The summed E-state index contributed by atoms with van der Waals surface area (Å²) in [4.78, 5) is 0. The average Bonchev–Trinajstić information content (AvgIpc) is 2.31. The molecule has 3 nitrogen and oxygen atoms in total. The van der Waals surface area contributed by atoms with Crippen molar-refractivity contribution < 1.29 is 4.74 Å². The van der Waals surface area contributed by atoms with E-state index in [1.807, 2.05) is 0 Å². The number of hydrogen-bond donors (Lipinski definition) is 2. The van der Waals surface area contributed by atoms with E-state index in [1.54, 1.807) is 7.11 Å². The zero-order valence-electron chi connectivity index (χ0n) is 11.5. The van der Waals surface area contributed by atoms with Gasteiger partial charge in [-0.3, -0.25) is 0 Å². The molecule has 0 spiro atoms. The van der Waals surface area contributed by atoms with Crippen molar-refractivity contribution in [3.63, 3.8) is 0 Å². The highest BCUT2D eigenvalue weighted by molar-refractivity contribution is 9.10. The fourth-order valence-corrected chi connectivity index (χ4v) is 2.79. The van der Waals surface area contributed by atoms with Crippen LogP contribution < -0.4 is 15.4 Å². The Hall–Kier alpha value is -0.740. The first-order valence-electron chi connectivity index (χ1n) is 6.34. The van der Waals surface area contributed by atoms with Gasteiger partial charge in [-0.15, -0.1) is 0 Å². The SMILES string of the molecule is COc1c(C)c(C)c(Br)c(C)c1NCC1CNC1. The molecule has 100 valence electrons. The molecule has 0 amide bonds. The molecule has 0 aromatic heterocycles. The predicted molar refractivity (Wildman–Crippen MR) is 79.8 cm³/mol. The van der Waals surface area contributed by atoms with E-state index in [0.717, 1.165) is 37.0 Å². The largest absolute Gasteiger partial charge is 0.494 e. The molecule has 0 atom stereocenters. The molecule has 0 unspecified atom stereocenters. The van der Waals surface area contributed by atoms with Crippen molar-refractivity contribution in [1.82, 2.24) is 5.32 Å². The van der Waals surface area contributed by atoms with E-state index in [4.69, 9.17) is 4.74 Å². The number of methoxy groups -OCH3 is 1. The van der Waals surface area contributed by atoms with Gasteiger partial charge in [-0.25, -0.2) is 0 Å². The maximum atomic E-state index is 5.58. The van der Waals surface area contributed by atoms with E-state index in [0.29, 0.717) is 0 Å². The summed E-state index contributed by atoms with van der Waals surface area (Å²) in [7, 11) is 1.74. The third kappa shape index (κ3) is 2.36. The predicted octanol–water partition coefficient (Wildman–Crippen LogP) is 3.01. The van der Waals surface area contributed by atoms with Crippen LogP contribution in [0.5, 0.6) is 5.75 Å². The van der Waals surface area contributed by atoms with Gasteiger partial charge in [-0.1, -0.05) is 15.9 Å². The lowest BCUT2D eigenvalue weighted by molar-refractivity contribution is 0.364. The lowest BCUT2D eigenvalue weighted by Crippen LogP contribution is -2.45. The van der Waals surface area contributed by atoms with Gasteiger partial charge in [-0.2, -0.15) is 0 Å². The Kier molecular flexibility index (Phi) is 4.17. The second-order valence-electron chi connectivity index (χ2n) is 5.00. The van der Waals surface area contributed by atoms with E-state index in [9.17, 15) is 0 Å². The van der Waals surface area contributed by atoms with E-state index < -0.39 is 0 Å². The summed E-state index contributed by atoms with van der Waals surface area (Å²) in [6.07, 6.45) is 0. The van der Waals surface area contributed by atoms with Crippen molar-refractivity contribution in [2.45, 2.75) is 20.8 Å². The maximum Gasteiger partial charge on any atom is 0.145 e. The van der Waals surface area contributed by atoms with Gasteiger partial charge in [0, 0.05) is 30.0 Å². The summed E-state index contributed by atoms with van der Waals surface area (Å²) in [6, 6.07) is 0. The zero-order chi connectivity index (χ0) is 13.3. The van der Waals surface area contributed by atoms with Crippen molar-refractivity contribution in [1.29, 1.82) is 0 Å². The van der Waals surface area contributed by atoms with Crippen molar-refractivity contribution in [2.24, 2.45) is 5.92 Å². The molecule has 2 rings (SSSR count). The second kappa shape index (κ2) is 5.49. The van der Waals surface area contributed by atoms with E-state index >= 15 is 0 Å². The minimum Gasteiger partial charge on any atom is -0.494 e. The Labute approximate surface area is 117 Å². The lowest BCUT2D eigenvalue weighted by atomic mass is 10.0. The standard InChI is InChI=1S/C14H21BrN2O/c1-8-9(2)14(18-4)13(10(3)12(8)15)17-7-11-5-16-6-11/h11,16-17H,5-7H2,1-4H3. The molecule has 1 saturated heterocycles. The van der Waals surface area contributed by atoms with Crippen LogP contribution in [-0.4, -0.2) is 26.7 Å². The Bertz CT molecular complexity index is 456. The van der Waals surface area contributed by atoms with Gasteiger partial charge < -0.3 is 15.4 Å². The molecular weight excluding hydrogens is 292 g/mol. The quantitative estimate of drug-likeness (QED) is 0.896. The summed E-state index contributed by atoms with van der Waals surface area (Å²) < 4.78 is 6.75. The van der Waals surface area contributed by atoms with Gasteiger partial charge in [0.1, 0.15) is 5.75 Å². The molecule has 2 N–H and O–H groups in total. The summed E-state index contributed by atoms with van der Waals surface area (Å²) in [5, 5.41) is 6.84. The van der Waals surface area contributed by atoms with Gasteiger partial charge in [0.15, 0.2) is 0 Å². The van der Waals surface area contributed by atoms with Crippen molar-refractivity contribution >= 4 is 21.6 Å². The summed E-state index contributed by atoms with van der Waals surface area (Å²) in [5.41, 5.74) is 4.80. The Morgan fingerprint density at radius 2 is 1.89 bits per heavy atom. The first kappa shape index (κ1) is 13.7. The fourth-order valence-electron chi connectivity index (χ4n) is 2.29. The van der Waals surface area contributed by atoms with Crippen LogP contribution in [0.1, 0.15) is 16.7 Å². The molecule has 0 bridgehead atoms. The number of benzene rings is 1. The van der Waals surface area contributed by atoms with Crippen LogP contribution in [0.15, 0.2) is 4.47 Å². The third-order valence-electron chi connectivity index (χ3n) is 3.80. The van der Waals surface area contributed by atoms with Gasteiger partial charge >= 0.3 is 0 Å². The van der Waals surface area contributed by atoms with Crippen LogP contribution in [0.4, 0.5) is 5.69 Å². The molecule has 1 fully saturated rings. The second-order valence-corrected chi connectivity index (χ2v) is 5.80. The average molecular weight is 313 g/mol. The molecule has 0 aliphatic carbocycles. The first-order chi connectivity index (χ1) is 8.56. The molecule has 18 heavy (non-hydrogen) atoms. The highest BCUT2D eigenvalue weighted by Gasteiger charge is 2.20. The Balaban J connectivity index is 2.31. The fraction of sp³-hybridized carbons (Fsp3) is 0.571. The smallest absolute Gasteiger partial charge is 0.145 e. The van der Waals surface area contributed by atoms with Crippen molar-refractivity contribution in [2.75, 3.05) is 32.1 Å². The van der Waals surface area contributed by atoms with Crippen LogP contribution in [0, 0.1) is 26.7 Å². The van der Waals surface area contributed by atoms with Gasteiger partial charge in [0.05, 0.1) is 12.8 Å². The number of nitrogens with one attached hydrogen (secondary N) is 2. The number of anilines is 1. The first-order valence-corrected chi connectivity index (χ1v) is 7.13. The summed E-state index contributed by atoms with van der Waals surface area (Å²) in [6.45, 7) is 9.57. The van der Waals surface area contributed by atoms with Crippen LogP contribution in [-0.2, 0) is 0 Å². The van der Waals surface area contributed by atoms with Crippen LogP contribution >= 0.6 is 15.9 Å². The van der Waals surface area contributed by atoms with E-state index in [1.165, 1.54) is 21.2 Å². The van der Waals surface area contributed by atoms with Crippen molar-refractivity contribution in [3.05, 3.63) is 21.2 Å². The maximum absolute atomic E-state index is 5.58. The number of halogens is 1. The molecule has 4 heteroatoms. The zero-order valence-corrected chi connectivity index (χ0v) is 13.1. The van der Waals surface area contributed by atoms with Crippen LogP contribution in [0.3, 0.4) is 0 Å². The van der Waals surface area contributed by atoms with Crippen molar-refractivity contribution in [3.8, 4) is 5.75 Å². The number of rotatable bonds is 4. The van der Waals surface area contributed by atoms with Gasteiger partial charge in [0.25, 0.3) is 0 Å². The molecule has 0 saturated carbocycles. The van der Waals surface area contributed by atoms with E-state index in [-0.39, 0.29) is 0 Å². The topological polar surface area (TPSA) is 33.3 Å². The van der Waals surface area contributed by atoms with Gasteiger partial charge in [-0.05, 0) is 37.5 Å². The van der Waals surface area contributed by atoms with E-state index in [2.05, 4.69) is 47.3 Å². The Morgan fingerprint density at radius 1 is 1.22 bits per heavy atom. The highest BCUT2D eigenvalue weighted by atomic mass is 79.9. The summed E-state index contributed by atoms with van der Waals surface area (Å²) >= 11 is 3.67. The molecule has 1 heterocycles. The monoisotopic (exact) mass is 312 g/mol. The minimum absolute atomic E-state index is 0.731. The van der Waals surface area contributed by atoms with Crippen LogP contribution in [0.2, 0.25) is 0 Å². The lowest BCUT2D eigenvalue weighted by Gasteiger charge is -2.29. The third-order valence-corrected chi connectivity index (χ3v) is 4.99. The molecule has 1 aromatic carbocycles. The minimum atomic E-state index is 0.731. The molecule has 1 aliphatic heterocycles. The number of hydrogen-bond acceptors (Lipinski definition) is 3.